The summed E-state index contributed by atoms with van der Waals surface area (Å²) < 4.78 is 35.5. The Kier molecular flexibility index (Phi) is 7.09. The van der Waals surface area contributed by atoms with Crippen molar-refractivity contribution in [2.24, 2.45) is 5.92 Å². The Hall–Kier alpha value is -2.81. The summed E-state index contributed by atoms with van der Waals surface area (Å²) in [5.41, 5.74) is 1.75. The maximum atomic E-state index is 15.5. The average molecular weight is 589 g/mol. The van der Waals surface area contributed by atoms with Crippen LogP contribution in [0.5, 0.6) is 0 Å². The number of alkyl halides is 1. The van der Waals surface area contributed by atoms with Crippen LogP contribution in [0.25, 0.3) is 11.5 Å². The molecule has 2 heterocycles. The lowest BCUT2D eigenvalue weighted by Gasteiger charge is -2.50. The van der Waals surface area contributed by atoms with Crippen LogP contribution in [-0.2, 0) is 0 Å². The van der Waals surface area contributed by atoms with Gasteiger partial charge in [0.05, 0.1) is 6.04 Å². The first-order valence-electron chi connectivity index (χ1n) is 11.9. The molecule has 1 N–H and O–H groups in total. The van der Waals surface area contributed by atoms with Crippen LogP contribution in [-0.4, -0.2) is 33.9 Å². The van der Waals surface area contributed by atoms with Crippen molar-refractivity contribution < 1.29 is 13.2 Å². The van der Waals surface area contributed by atoms with Crippen molar-refractivity contribution in [1.29, 1.82) is 0 Å². The minimum Gasteiger partial charge on any atom is -0.388 e. The molecule has 0 amide bonds. The molecule has 0 spiro atoms. The molecule has 2 atom stereocenters. The third-order valence-electron chi connectivity index (χ3n) is 6.83. The Bertz CT molecular complexity index is 1440. The molecule has 1 fully saturated rings. The van der Waals surface area contributed by atoms with Gasteiger partial charge in [-0.1, -0.05) is 51.8 Å². The molecule has 0 saturated carbocycles. The SMILES string of the molecule is CC(C)(F)[C@H](c1cc(F)cc(Br)c1)C1CN(C(c2ccc(Cl)cc2)c2cccc(-c3n[nH]c(=O)o3)c2)C1. The second-order valence-corrected chi connectivity index (χ2v) is 11.3. The quantitative estimate of drug-likeness (QED) is 0.249. The smallest absolute Gasteiger partial charge is 0.388 e. The first-order chi connectivity index (χ1) is 17.6. The molecular formula is C28H25BrClF2N3O2. The normalized spacial score (nSPS) is 16.4. The summed E-state index contributed by atoms with van der Waals surface area (Å²) in [6.45, 7) is 4.33. The molecule has 1 saturated heterocycles. The third kappa shape index (κ3) is 5.56. The van der Waals surface area contributed by atoms with E-state index in [1.54, 1.807) is 19.9 Å². The molecule has 4 aromatic rings. The number of aromatic nitrogens is 2. The number of rotatable bonds is 7. The van der Waals surface area contributed by atoms with E-state index in [9.17, 15) is 9.18 Å². The van der Waals surface area contributed by atoms with Crippen molar-refractivity contribution in [2.75, 3.05) is 13.1 Å². The topological polar surface area (TPSA) is 62.1 Å². The molecule has 0 bridgehead atoms. The second kappa shape index (κ2) is 10.2. The van der Waals surface area contributed by atoms with Crippen molar-refractivity contribution in [1.82, 2.24) is 15.1 Å². The molecule has 192 valence electrons. The molecule has 1 aromatic heterocycles. The van der Waals surface area contributed by atoms with E-state index in [1.165, 1.54) is 12.1 Å². The molecule has 37 heavy (non-hydrogen) atoms. The monoisotopic (exact) mass is 587 g/mol. The van der Waals surface area contributed by atoms with Crippen molar-refractivity contribution in [3.63, 3.8) is 0 Å². The number of H-pyrrole nitrogens is 1. The van der Waals surface area contributed by atoms with Crippen molar-refractivity contribution in [3.05, 3.63) is 109 Å². The first-order valence-corrected chi connectivity index (χ1v) is 13.1. The highest BCUT2D eigenvalue weighted by Gasteiger charge is 2.45. The van der Waals surface area contributed by atoms with Crippen LogP contribution < -0.4 is 5.76 Å². The Morgan fingerprint density at radius 2 is 1.81 bits per heavy atom. The van der Waals surface area contributed by atoms with Gasteiger partial charge in [-0.25, -0.2) is 18.7 Å². The molecule has 3 aromatic carbocycles. The van der Waals surface area contributed by atoms with E-state index < -0.39 is 23.2 Å². The van der Waals surface area contributed by atoms with Crippen molar-refractivity contribution in [2.45, 2.75) is 31.5 Å². The number of hydrogen-bond acceptors (Lipinski definition) is 4. The number of benzene rings is 3. The van der Waals surface area contributed by atoms with Gasteiger partial charge in [0.25, 0.3) is 0 Å². The van der Waals surface area contributed by atoms with Crippen molar-refractivity contribution >= 4 is 27.5 Å². The third-order valence-corrected chi connectivity index (χ3v) is 7.54. The molecule has 1 unspecified atom stereocenters. The van der Waals surface area contributed by atoms with Crippen LogP contribution in [0, 0.1) is 11.7 Å². The van der Waals surface area contributed by atoms with Crippen LogP contribution in [0.15, 0.2) is 80.4 Å². The molecule has 0 aliphatic carbocycles. The maximum Gasteiger partial charge on any atom is 0.434 e. The fourth-order valence-corrected chi connectivity index (χ4v) is 6.02. The summed E-state index contributed by atoms with van der Waals surface area (Å²) in [5.74, 6) is -1.30. The molecule has 9 heteroatoms. The van der Waals surface area contributed by atoms with Crippen LogP contribution in [0.2, 0.25) is 5.02 Å². The standard InChI is InChI=1S/C28H25BrClF2N3O2/c1-28(2,32)24(19-11-21(29)13-23(31)12-19)20-14-35(15-20)25(16-6-8-22(30)9-7-16)17-4-3-5-18(10-17)26-33-34-27(36)37-26/h3-13,20,24-25H,14-15H2,1-2H3,(H,34,36)/t24-,25?/m1/s1. The van der Waals surface area contributed by atoms with Gasteiger partial charge in [-0.2, -0.15) is 0 Å². The van der Waals surface area contributed by atoms with Gasteiger partial charge in [0.1, 0.15) is 11.5 Å². The fourth-order valence-electron chi connectivity index (χ4n) is 5.41. The van der Waals surface area contributed by atoms with Gasteiger partial charge in [-0.05, 0) is 78.9 Å². The van der Waals surface area contributed by atoms with Crippen LogP contribution >= 0.6 is 27.5 Å². The highest BCUT2D eigenvalue weighted by molar-refractivity contribution is 9.10. The molecule has 1 aliphatic rings. The van der Waals surface area contributed by atoms with Gasteiger partial charge in [0.2, 0.25) is 5.89 Å². The van der Waals surface area contributed by atoms with Crippen LogP contribution in [0.3, 0.4) is 0 Å². The number of halogens is 4. The largest absolute Gasteiger partial charge is 0.434 e. The number of hydrogen-bond donors (Lipinski definition) is 1. The minimum atomic E-state index is -1.54. The number of nitrogens with one attached hydrogen (secondary N) is 1. The Labute approximate surface area is 226 Å². The summed E-state index contributed by atoms with van der Waals surface area (Å²) in [6.07, 6.45) is 0. The van der Waals surface area contributed by atoms with E-state index in [-0.39, 0.29) is 17.9 Å². The van der Waals surface area contributed by atoms with Gasteiger partial charge in [-0.3, -0.25) is 4.90 Å². The van der Waals surface area contributed by atoms with Gasteiger partial charge in [0, 0.05) is 34.1 Å². The van der Waals surface area contributed by atoms with Gasteiger partial charge >= 0.3 is 5.76 Å². The zero-order valence-electron chi connectivity index (χ0n) is 20.2. The lowest BCUT2D eigenvalue weighted by molar-refractivity contribution is 0.00812. The number of nitrogens with zero attached hydrogens (tertiary/aromatic N) is 2. The van der Waals surface area contributed by atoms with E-state index in [1.807, 2.05) is 48.5 Å². The van der Waals surface area contributed by atoms with Gasteiger partial charge < -0.3 is 4.42 Å². The maximum absolute atomic E-state index is 15.5. The summed E-state index contributed by atoms with van der Waals surface area (Å²) in [4.78, 5) is 13.7. The molecule has 5 rings (SSSR count). The number of likely N-dealkylation sites (tertiary alicyclic amines) is 1. The zero-order chi connectivity index (χ0) is 26.3. The second-order valence-electron chi connectivity index (χ2n) is 9.96. The summed E-state index contributed by atoms with van der Waals surface area (Å²) >= 11 is 9.51. The first kappa shape index (κ1) is 25.8. The van der Waals surface area contributed by atoms with Gasteiger partial charge in [-0.15, -0.1) is 5.10 Å². The summed E-state index contributed by atoms with van der Waals surface area (Å²) in [6, 6.07) is 19.7. The summed E-state index contributed by atoms with van der Waals surface area (Å²) in [5, 5.41) is 6.87. The summed E-state index contributed by atoms with van der Waals surface area (Å²) in [7, 11) is 0. The van der Waals surface area contributed by atoms with Gasteiger partial charge in [0.15, 0.2) is 0 Å². The van der Waals surface area contributed by atoms with Crippen molar-refractivity contribution in [3.8, 4) is 11.5 Å². The van der Waals surface area contributed by atoms with E-state index >= 15 is 4.39 Å². The number of aromatic amines is 1. The van der Waals surface area contributed by atoms with E-state index in [2.05, 4.69) is 31.0 Å². The zero-order valence-corrected chi connectivity index (χ0v) is 22.6. The molecule has 1 aliphatic heterocycles. The highest BCUT2D eigenvalue weighted by atomic mass is 79.9. The van der Waals surface area contributed by atoms with E-state index in [0.29, 0.717) is 33.7 Å². The predicted molar refractivity (Wildman–Crippen MR) is 143 cm³/mol. The fraction of sp³-hybridized carbons (Fsp3) is 0.286. The lowest BCUT2D eigenvalue weighted by Crippen LogP contribution is -2.53. The molecule has 5 nitrogen and oxygen atoms in total. The Morgan fingerprint density at radius 1 is 1.08 bits per heavy atom. The predicted octanol–water partition coefficient (Wildman–Crippen LogP) is 7.14. The van der Waals surface area contributed by atoms with E-state index in [4.69, 9.17) is 16.0 Å². The highest BCUT2D eigenvalue weighted by Crippen LogP contribution is 2.46. The van der Waals surface area contributed by atoms with E-state index in [0.717, 1.165) is 11.1 Å². The van der Waals surface area contributed by atoms with Crippen LogP contribution in [0.1, 0.15) is 42.5 Å². The van der Waals surface area contributed by atoms with Crippen LogP contribution in [0.4, 0.5) is 8.78 Å². The molecule has 0 radical (unpaired) electrons. The average Bonchev–Trinajstić information content (AvgIpc) is 3.24. The molecular weight excluding hydrogens is 564 g/mol. The Morgan fingerprint density at radius 3 is 2.43 bits per heavy atom. The minimum absolute atomic E-state index is 0.0176. The Balaban J connectivity index is 1.48. The lowest BCUT2D eigenvalue weighted by atomic mass is 9.72.